The Labute approximate surface area is 134 Å². The van der Waals surface area contributed by atoms with E-state index in [2.05, 4.69) is 19.2 Å². The summed E-state index contributed by atoms with van der Waals surface area (Å²) < 4.78 is 10.6. The Kier molecular flexibility index (Phi) is 33.4. The van der Waals surface area contributed by atoms with Gasteiger partial charge in [0.25, 0.3) is 0 Å². The lowest BCUT2D eigenvalue weighted by Gasteiger charge is -2.05. The van der Waals surface area contributed by atoms with E-state index in [4.69, 9.17) is 9.47 Å². The summed E-state index contributed by atoms with van der Waals surface area (Å²) in [7, 11) is 0. The third-order valence-corrected chi connectivity index (χ3v) is 2.08. The molecule has 0 fully saturated rings. The van der Waals surface area contributed by atoms with Crippen LogP contribution >= 0.6 is 0 Å². The second-order valence-corrected chi connectivity index (χ2v) is 4.32. The van der Waals surface area contributed by atoms with Gasteiger partial charge in [0.15, 0.2) is 0 Å². The molecule has 0 aromatic rings. The second kappa shape index (κ2) is 27.7. The van der Waals surface area contributed by atoms with Gasteiger partial charge in [0.05, 0.1) is 6.61 Å². The number of carbonyl (C=O) groups excluding carboxylic acids is 1. The third kappa shape index (κ3) is 32.7. The summed E-state index contributed by atoms with van der Waals surface area (Å²) >= 11 is 0. The maximum Gasteiger partial charge on any atom is 0.222 e. The molecule has 0 aromatic carbocycles. The summed E-state index contributed by atoms with van der Waals surface area (Å²) in [5, 5.41) is 2.81. The van der Waals surface area contributed by atoms with E-state index in [1.165, 1.54) is 6.42 Å². The number of rotatable bonds is 11. The van der Waals surface area contributed by atoms with Gasteiger partial charge in [0.1, 0.15) is 0 Å². The van der Waals surface area contributed by atoms with E-state index in [0.29, 0.717) is 19.6 Å². The average molecular weight is 308 g/mol. The van der Waals surface area contributed by atoms with Crippen molar-refractivity contribution in [3.05, 3.63) is 0 Å². The molecule has 1 amide bonds. The SMILES string of the molecule is CC.CCC.CCCNC(=O)CCOCCCCOCC.[HH]. The second-order valence-electron chi connectivity index (χ2n) is 4.32. The van der Waals surface area contributed by atoms with Crippen molar-refractivity contribution in [2.75, 3.05) is 33.0 Å². The number of ether oxygens (including phenoxy) is 2. The van der Waals surface area contributed by atoms with Crippen LogP contribution in [0.2, 0.25) is 0 Å². The topological polar surface area (TPSA) is 47.6 Å². The predicted octanol–water partition coefficient (Wildman–Crippen LogP) is 4.42. The highest BCUT2D eigenvalue weighted by Gasteiger charge is 1.99. The van der Waals surface area contributed by atoms with Gasteiger partial charge < -0.3 is 14.8 Å². The Morgan fingerprint density at radius 2 is 1.48 bits per heavy atom. The Morgan fingerprint density at radius 3 is 1.95 bits per heavy atom. The maximum atomic E-state index is 11.2. The largest absolute Gasteiger partial charge is 0.382 e. The lowest BCUT2D eigenvalue weighted by Crippen LogP contribution is -2.25. The summed E-state index contributed by atoms with van der Waals surface area (Å²) in [6, 6.07) is 0. The van der Waals surface area contributed by atoms with Crippen LogP contribution in [0.15, 0.2) is 0 Å². The van der Waals surface area contributed by atoms with Crippen molar-refractivity contribution in [3.63, 3.8) is 0 Å². The van der Waals surface area contributed by atoms with Crippen molar-refractivity contribution >= 4 is 5.91 Å². The van der Waals surface area contributed by atoms with E-state index in [0.717, 1.165) is 39.0 Å². The number of hydrogen-bond donors (Lipinski definition) is 1. The van der Waals surface area contributed by atoms with Crippen LogP contribution in [0.3, 0.4) is 0 Å². The van der Waals surface area contributed by atoms with Crippen LogP contribution in [0, 0.1) is 0 Å². The highest BCUT2D eigenvalue weighted by atomic mass is 16.5. The van der Waals surface area contributed by atoms with E-state index in [1.54, 1.807) is 0 Å². The molecule has 0 bridgehead atoms. The van der Waals surface area contributed by atoms with Crippen LogP contribution in [0.25, 0.3) is 0 Å². The number of carbonyl (C=O) groups is 1. The zero-order chi connectivity index (χ0) is 16.8. The molecule has 0 aliphatic rings. The van der Waals surface area contributed by atoms with E-state index in [-0.39, 0.29) is 7.33 Å². The lowest BCUT2D eigenvalue weighted by molar-refractivity contribution is -0.122. The normalized spacial score (nSPS) is 9.05. The first-order valence-corrected chi connectivity index (χ1v) is 8.64. The molecule has 21 heavy (non-hydrogen) atoms. The minimum absolute atomic E-state index is 0. The lowest BCUT2D eigenvalue weighted by atomic mass is 10.3. The molecule has 0 saturated carbocycles. The molecule has 0 atom stereocenters. The molecule has 0 saturated heterocycles. The van der Waals surface area contributed by atoms with Gasteiger partial charge in [-0.1, -0.05) is 41.0 Å². The first-order valence-electron chi connectivity index (χ1n) is 8.64. The van der Waals surface area contributed by atoms with Gasteiger partial charge in [-0.25, -0.2) is 0 Å². The number of amides is 1. The van der Waals surface area contributed by atoms with Crippen LogP contribution in [0.4, 0.5) is 0 Å². The van der Waals surface area contributed by atoms with Crippen molar-refractivity contribution < 1.29 is 15.7 Å². The first-order chi connectivity index (χ1) is 10.2. The Balaban J connectivity index is -0.000000239. The fraction of sp³-hybridized carbons (Fsp3) is 0.941. The van der Waals surface area contributed by atoms with Crippen molar-refractivity contribution in [1.82, 2.24) is 5.32 Å². The summed E-state index contributed by atoms with van der Waals surface area (Å²) in [6.45, 7) is 15.8. The van der Waals surface area contributed by atoms with Crippen LogP contribution in [0.5, 0.6) is 0 Å². The zero-order valence-corrected chi connectivity index (χ0v) is 15.3. The molecule has 0 aliphatic carbocycles. The van der Waals surface area contributed by atoms with Crippen LogP contribution < -0.4 is 5.32 Å². The summed E-state index contributed by atoms with van der Waals surface area (Å²) in [5.41, 5.74) is 0. The molecular formula is C17H41NO3. The summed E-state index contributed by atoms with van der Waals surface area (Å²) in [5.74, 6) is 0.0798. The van der Waals surface area contributed by atoms with Crippen molar-refractivity contribution in [2.45, 2.75) is 73.6 Å². The monoisotopic (exact) mass is 307 g/mol. The standard InChI is InChI=1S/C12H25NO3.C3H8.C2H6.H2/c1-3-8-13-12(14)7-11-16-10-6-5-9-15-4-2;1-3-2;1-2;/h3-11H2,1-2H3,(H,13,14);3H2,1-2H3;1-2H3;1H. The maximum absolute atomic E-state index is 11.2. The summed E-state index contributed by atoms with van der Waals surface area (Å²) in [6.07, 6.45) is 4.71. The zero-order valence-electron chi connectivity index (χ0n) is 15.3. The molecule has 0 rings (SSSR count). The van der Waals surface area contributed by atoms with E-state index < -0.39 is 0 Å². The quantitative estimate of drug-likeness (QED) is 0.575. The molecule has 0 heterocycles. The Bertz CT molecular complexity index is 181. The molecular weight excluding hydrogens is 266 g/mol. The molecule has 1 N–H and O–H groups in total. The smallest absolute Gasteiger partial charge is 0.222 e. The van der Waals surface area contributed by atoms with Gasteiger partial charge in [-0.2, -0.15) is 0 Å². The molecule has 0 aliphatic heterocycles. The molecule has 4 nitrogen and oxygen atoms in total. The minimum Gasteiger partial charge on any atom is -0.382 e. The third-order valence-electron chi connectivity index (χ3n) is 2.08. The minimum atomic E-state index is 0. The van der Waals surface area contributed by atoms with Crippen molar-refractivity contribution in [3.8, 4) is 0 Å². The first kappa shape index (κ1) is 25.3. The average Bonchev–Trinajstić information content (AvgIpc) is 2.50. The van der Waals surface area contributed by atoms with Crippen molar-refractivity contribution in [1.29, 1.82) is 0 Å². The van der Waals surface area contributed by atoms with Gasteiger partial charge in [-0.15, -0.1) is 0 Å². The molecule has 0 spiro atoms. The molecule has 132 valence electrons. The number of hydrogen-bond acceptors (Lipinski definition) is 3. The van der Waals surface area contributed by atoms with Crippen molar-refractivity contribution in [2.24, 2.45) is 0 Å². The van der Waals surface area contributed by atoms with E-state index in [9.17, 15) is 4.79 Å². The van der Waals surface area contributed by atoms with Crippen LogP contribution in [0.1, 0.15) is 75.1 Å². The van der Waals surface area contributed by atoms with Gasteiger partial charge in [0, 0.05) is 34.2 Å². The Hall–Kier alpha value is -0.610. The van der Waals surface area contributed by atoms with Gasteiger partial charge in [-0.05, 0) is 26.2 Å². The highest BCUT2D eigenvalue weighted by molar-refractivity contribution is 5.75. The molecule has 0 radical (unpaired) electrons. The van der Waals surface area contributed by atoms with Gasteiger partial charge in [-0.3, -0.25) is 4.79 Å². The molecule has 4 heteroatoms. The van der Waals surface area contributed by atoms with Crippen LogP contribution in [-0.4, -0.2) is 38.9 Å². The van der Waals surface area contributed by atoms with Gasteiger partial charge >= 0.3 is 0 Å². The molecule has 0 aromatic heterocycles. The fourth-order valence-electron chi connectivity index (χ4n) is 1.17. The number of nitrogens with one attached hydrogen (secondary N) is 1. The van der Waals surface area contributed by atoms with Gasteiger partial charge in [0.2, 0.25) is 5.91 Å². The predicted molar refractivity (Wildman–Crippen MR) is 93.9 cm³/mol. The fourth-order valence-corrected chi connectivity index (χ4v) is 1.17. The highest BCUT2D eigenvalue weighted by Crippen LogP contribution is 1.92. The Morgan fingerprint density at radius 1 is 0.952 bits per heavy atom. The summed E-state index contributed by atoms with van der Waals surface area (Å²) in [4.78, 5) is 11.2. The van der Waals surface area contributed by atoms with E-state index in [1.807, 2.05) is 27.7 Å². The van der Waals surface area contributed by atoms with Crippen LogP contribution in [-0.2, 0) is 14.3 Å². The van der Waals surface area contributed by atoms with E-state index >= 15 is 0 Å². The number of unbranched alkanes of at least 4 members (excludes halogenated alkanes) is 1. The molecule has 0 unspecified atom stereocenters.